The zero-order valence-corrected chi connectivity index (χ0v) is 11.9. The lowest BCUT2D eigenvalue weighted by Crippen LogP contribution is -2.05. The Hall–Kier alpha value is -1.56. The van der Waals surface area contributed by atoms with Crippen molar-refractivity contribution in [1.29, 1.82) is 0 Å². The quantitative estimate of drug-likeness (QED) is 0.867. The number of aromatic nitrogens is 2. The van der Waals surface area contributed by atoms with Crippen molar-refractivity contribution in [2.75, 3.05) is 12.8 Å². The summed E-state index contributed by atoms with van der Waals surface area (Å²) in [6.07, 6.45) is 0. The van der Waals surface area contributed by atoms with Crippen molar-refractivity contribution in [3.8, 4) is 11.4 Å². The molecular weight excluding hydrogens is 301 g/mol. The molecule has 18 heavy (non-hydrogen) atoms. The summed E-state index contributed by atoms with van der Waals surface area (Å²) in [6.45, 7) is 3.78. The number of hydrogen-bond acceptors (Lipinski definition) is 3. The Morgan fingerprint density at radius 2 is 2.06 bits per heavy atom. The molecule has 0 bridgehead atoms. The molecule has 0 spiro atoms. The van der Waals surface area contributed by atoms with Crippen LogP contribution in [-0.2, 0) is 0 Å². The number of aryl methyl sites for hydroxylation is 1. The number of methoxy groups -OCH3 is 1. The fraction of sp³-hybridized carbons (Fsp3) is 0.250. The Labute approximate surface area is 113 Å². The van der Waals surface area contributed by atoms with Crippen LogP contribution in [-0.4, -0.2) is 16.9 Å². The zero-order chi connectivity index (χ0) is 13.4. The maximum Gasteiger partial charge on any atom is 0.167 e. The number of hydrogen-bond donors (Lipinski definition) is 1. The van der Waals surface area contributed by atoms with E-state index in [1.165, 1.54) is 19.2 Å². The van der Waals surface area contributed by atoms with Crippen molar-refractivity contribution >= 4 is 21.6 Å². The summed E-state index contributed by atoms with van der Waals surface area (Å²) in [4.78, 5) is 0. The number of ether oxygens (including phenoxy) is 1. The molecule has 0 aliphatic rings. The van der Waals surface area contributed by atoms with E-state index in [2.05, 4.69) is 21.0 Å². The first-order valence-corrected chi connectivity index (χ1v) is 6.10. The van der Waals surface area contributed by atoms with Crippen LogP contribution in [0.1, 0.15) is 11.4 Å². The first-order valence-electron chi connectivity index (χ1n) is 5.30. The van der Waals surface area contributed by atoms with Crippen LogP contribution in [0.5, 0.6) is 5.75 Å². The molecule has 0 aliphatic carbocycles. The molecule has 4 nitrogen and oxygen atoms in total. The predicted octanol–water partition coefficient (Wildman–Crippen LogP) is 2.98. The van der Waals surface area contributed by atoms with E-state index < -0.39 is 5.82 Å². The average Bonchev–Trinajstić information content (AvgIpc) is 2.57. The molecule has 0 fully saturated rings. The maximum atomic E-state index is 13.5. The lowest BCUT2D eigenvalue weighted by atomic mass is 10.2. The van der Waals surface area contributed by atoms with E-state index in [1.54, 1.807) is 4.68 Å². The lowest BCUT2D eigenvalue weighted by molar-refractivity contribution is 0.386. The van der Waals surface area contributed by atoms with Crippen molar-refractivity contribution in [3.05, 3.63) is 33.8 Å². The monoisotopic (exact) mass is 313 g/mol. The molecule has 0 unspecified atom stereocenters. The van der Waals surface area contributed by atoms with Crippen LogP contribution in [0.15, 0.2) is 16.6 Å². The third kappa shape index (κ3) is 1.96. The molecule has 0 atom stereocenters. The summed E-state index contributed by atoms with van der Waals surface area (Å²) in [6, 6.07) is 2.77. The highest BCUT2D eigenvalue weighted by molar-refractivity contribution is 9.10. The van der Waals surface area contributed by atoms with Crippen LogP contribution in [0.2, 0.25) is 0 Å². The van der Waals surface area contributed by atoms with Crippen molar-refractivity contribution in [2.45, 2.75) is 13.8 Å². The summed E-state index contributed by atoms with van der Waals surface area (Å²) in [5.41, 5.74) is 8.48. The molecule has 0 radical (unpaired) electrons. The molecule has 2 aromatic rings. The second-order valence-electron chi connectivity index (χ2n) is 3.94. The smallest absolute Gasteiger partial charge is 0.167 e. The molecule has 96 valence electrons. The fourth-order valence-electron chi connectivity index (χ4n) is 1.76. The second-order valence-corrected chi connectivity index (χ2v) is 4.74. The lowest BCUT2D eigenvalue weighted by Gasteiger charge is -2.11. The third-order valence-corrected chi connectivity index (χ3v) is 3.88. The Kier molecular flexibility index (Phi) is 3.30. The maximum absolute atomic E-state index is 13.5. The first kappa shape index (κ1) is 12.9. The van der Waals surface area contributed by atoms with Crippen molar-refractivity contribution in [1.82, 2.24) is 9.78 Å². The van der Waals surface area contributed by atoms with Crippen LogP contribution < -0.4 is 10.5 Å². The molecule has 2 N–H and O–H groups in total. The van der Waals surface area contributed by atoms with Crippen LogP contribution in [0.25, 0.3) is 5.69 Å². The SMILES string of the molecule is COc1cc(-n2nc(C)c(Br)c2C)c(N)cc1F. The van der Waals surface area contributed by atoms with Crippen molar-refractivity contribution < 1.29 is 9.13 Å². The van der Waals surface area contributed by atoms with E-state index in [1.807, 2.05) is 13.8 Å². The van der Waals surface area contributed by atoms with Gasteiger partial charge in [0.15, 0.2) is 11.6 Å². The van der Waals surface area contributed by atoms with Gasteiger partial charge in [0, 0.05) is 12.1 Å². The third-order valence-electron chi connectivity index (χ3n) is 2.73. The summed E-state index contributed by atoms with van der Waals surface area (Å²) in [7, 11) is 1.41. The molecule has 1 heterocycles. The highest BCUT2D eigenvalue weighted by Crippen LogP contribution is 2.30. The second kappa shape index (κ2) is 4.61. The minimum atomic E-state index is -0.487. The number of nitrogens with two attached hydrogens (primary N) is 1. The van der Waals surface area contributed by atoms with Crippen molar-refractivity contribution in [3.63, 3.8) is 0 Å². The number of halogens is 2. The topological polar surface area (TPSA) is 53.1 Å². The van der Waals surface area contributed by atoms with Crippen LogP contribution in [0.4, 0.5) is 10.1 Å². The van der Waals surface area contributed by atoms with E-state index in [4.69, 9.17) is 10.5 Å². The summed E-state index contributed by atoms with van der Waals surface area (Å²) in [5, 5.41) is 4.36. The van der Waals surface area contributed by atoms with Gasteiger partial charge in [-0.15, -0.1) is 0 Å². The summed E-state index contributed by atoms with van der Waals surface area (Å²) >= 11 is 3.44. The van der Waals surface area contributed by atoms with Gasteiger partial charge in [-0.05, 0) is 29.8 Å². The summed E-state index contributed by atoms with van der Waals surface area (Å²) < 4.78 is 21.0. The van der Waals surface area contributed by atoms with Gasteiger partial charge in [-0.25, -0.2) is 9.07 Å². The molecule has 2 rings (SSSR count). The molecule has 6 heteroatoms. The van der Waals surface area contributed by atoms with Gasteiger partial charge in [-0.1, -0.05) is 0 Å². The number of nitrogens with zero attached hydrogens (tertiary/aromatic N) is 2. The van der Waals surface area contributed by atoms with E-state index >= 15 is 0 Å². The van der Waals surface area contributed by atoms with Gasteiger partial charge in [0.1, 0.15) is 0 Å². The Bertz CT molecular complexity index is 610. The number of rotatable bonds is 2. The van der Waals surface area contributed by atoms with Crippen LogP contribution in [0.3, 0.4) is 0 Å². The average molecular weight is 314 g/mol. The molecule has 0 saturated carbocycles. The predicted molar refractivity (Wildman–Crippen MR) is 71.7 cm³/mol. The summed E-state index contributed by atoms with van der Waals surface area (Å²) in [5.74, 6) is -0.345. The van der Waals surface area contributed by atoms with E-state index in [0.29, 0.717) is 11.4 Å². The Morgan fingerprint density at radius 1 is 1.39 bits per heavy atom. The van der Waals surface area contributed by atoms with E-state index in [-0.39, 0.29) is 5.75 Å². The van der Waals surface area contributed by atoms with Gasteiger partial charge in [0.05, 0.1) is 34.3 Å². The largest absolute Gasteiger partial charge is 0.494 e. The number of anilines is 1. The van der Waals surface area contributed by atoms with Gasteiger partial charge in [0.25, 0.3) is 0 Å². The molecule has 1 aromatic carbocycles. The van der Waals surface area contributed by atoms with Crippen LogP contribution >= 0.6 is 15.9 Å². The number of nitrogen functional groups attached to an aromatic ring is 1. The van der Waals surface area contributed by atoms with Gasteiger partial charge in [0.2, 0.25) is 0 Å². The van der Waals surface area contributed by atoms with Crippen LogP contribution in [0, 0.1) is 19.7 Å². The van der Waals surface area contributed by atoms with Gasteiger partial charge in [-0.3, -0.25) is 0 Å². The molecule has 0 saturated heterocycles. The molecule has 0 amide bonds. The van der Waals surface area contributed by atoms with Gasteiger partial charge >= 0.3 is 0 Å². The first-order chi connectivity index (χ1) is 8.45. The molecule has 0 aliphatic heterocycles. The molecule has 1 aromatic heterocycles. The highest BCUT2D eigenvalue weighted by Gasteiger charge is 2.15. The van der Waals surface area contributed by atoms with Crippen molar-refractivity contribution in [2.24, 2.45) is 0 Å². The molecular formula is C12H13BrFN3O. The van der Waals surface area contributed by atoms with Gasteiger partial charge in [-0.2, -0.15) is 5.10 Å². The Morgan fingerprint density at radius 3 is 2.56 bits per heavy atom. The normalized spacial score (nSPS) is 10.7. The van der Waals surface area contributed by atoms with E-state index in [9.17, 15) is 4.39 Å². The zero-order valence-electron chi connectivity index (χ0n) is 10.3. The standard InChI is InChI=1S/C12H13BrFN3O/c1-6-12(13)7(2)17(16-6)10-5-11(18-3)8(14)4-9(10)15/h4-5H,15H2,1-3H3. The van der Waals surface area contributed by atoms with Gasteiger partial charge < -0.3 is 10.5 Å². The fourth-order valence-corrected chi connectivity index (χ4v) is 2.00. The Balaban J connectivity index is 2.67. The minimum absolute atomic E-state index is 0.142. The minimum Gasteiger partial charge on any atom is -0.494 e. The van der Waals surface area contributed by atoms with E-state index in [0.717, 1.165) is 15.9 Å². The highest BCUT2D eigenvalue weighted by atomic mass is 79.9. The number of benzene rings is 1.